The van der Waals surface area contributed by atoms with Gasteiger partial charge in [-0.15, -0.1) is 0 Å². The molecule has 0 aromatic carbocycles. The summed E-state index contributed by atoms with van der Waals surface area (Å²) in [5.74, 6) is 2.42. The van der Waals surface area contributed by atoms with Gasteiger partial charge in [0.25, 0.3) is 0 Å². The molecule has 0 aromatic rings. The molecule has 1 heterocycles. The molecule has 2 heteroatoms. The molecular formula is C15H32N2. The largest absolute Gasteiger partial charge is 0.329 e. The van der Waals surface area contributed by atoms with E-state index in [4.69, 9.17) is 5.73 Å². The minimum atomic E-state index is 0.215. The van der Waals surface area contributed by atoms with Crippen LogP contribution in [0.3, 0.4) is 0 Å². The van der Waals surface area contributed by atoms with Crippen molar-refractivity contribution in [3.05, 3.63) is 0 Å². The number of likely N-dealkylation sites (tertiary alicyclic amines) is 1. The van der Waals surface area contributed by atoms with Crippen molar-refractivity contribution in [2.45, 2.75) is 59.4 Å². The quantitative estimate of drug-likeness (QED) is 0.800. The standard InChI is InChI=1S/C15H32N2/c1-12(2)6-7-15(5,11-16)17-9-13(3)8-14(4)10-17/h12-14H,6-11,16H2,1-5H3. The van der Waals surface area contributed by atoms with E-state index in [0.717, 1.165) is 24.3 Å². The van der Waals surface area contributed by atoms with E-state index in [9.17, 15) is 0 Å². The van der Waals surface area contributed by atoms with Crippen LogP contribution in [0, 0.1) is 17.8 Å². The van der Waals surface area contributed by atoms with Gasteiger partial charge in [-0.2, -0.15) is 0 Å². The summed E-state index contributed by atoms with van der Waals surface area (Å²) in [6.45, 7) is 15.0. The van der Waals surface area contributed by atoms with Gasteiger partial charge in [0, 0.05) is 25.2 Å². The second-order valence-electron chi connectivity index (χ2n) is 6.98. The predicted octanol–water partition coefficient (Wildman–Crippen LogP) is 3.12. The van der Waals surface area contributed by atoms with Gasteiger partial charge < -0.3 is 5.73 Å². The molecule has 3 atom stereocenters. The first-order valence-corrected chi connectivity index (χ1v) is 7.32. The molecule has 17 heavy (non-hydrogen) atoms. The third-order valence-electron chi connectivity index (χ3n) is 4.33. The Kier molecular flexibility index (Phi) is 5.46. The van der Waals surface area contributed by atoms with Crippen LogP contribution in [0.5, 0.6) is 0 Å². The maximum Gasteiger partial charge on any atom is 0.0303 e. The summed E-state index contributed by atoms with van der Waals surface area (Å²) in [5, 5.41) is 0. The van der Waals surface area contributed by atoms with Gasteiger partial charge in [-0.05, 0) is 43.9 Å². The topological polar surface area (TPSA) is 29.3 Å². The lowest BCUT2D eigenvalue weighted by Gasteiger charge is -2.47. The van der Waals surface area contributed by atoms with E-state index in [0.29, 0.717) is 0 Å². The van der Waals surface area contributed by atoms with Crippen molar-refractivity contribution >= 4 is 0 Å². The summed E-state index contributed by atoms with van der Waals surface area (Å²) in [7, 11) is 0. The van der Waals surface area contributed by atoms with Crippen LogP contribution in [0.15, 0.2) is 0 Å². The van der Waals surface area contributed by atoms with Crippen LogP contribution >= 0.6 is 0 Å². The molecule has 1 saturated heterocycles. The zero-order valence-corrected chi connectivity index (χ0v) is 12.5. The maximum atomic E-state index is 6.07. The van der Waals surface area contributed by atoms with Gasteiger partial charge in [0.15, 0.2) is 0 Å². The highest BCUT2D eigenvalue weighted by Gasteiger charge is 2.34. The number of nitrogens with two attached hydrogens (primary N) is 1. The number of hydrogen-bond acceptors (Lipinski definition) is 2. The number of hydrogen-bond donors (Lipinski definition) is 1. The maximum absolute atomic E-state index is 6.07. The van der Waals surface area contributed by atoms with Gasteiger partial charge in [-0.1, -0.05) is 27.7 Å². The summed E-state index contributed by atoms with van der Waals surface area (Å²) in [6.07, 6.45) is 3.90. The molecule has 1 aliphatic heterocycles. The van der Waals surface area contributed by atoms with Crippen molar-refractivity contribution in [1.82, 2.24) is 4.90 Å². The van der Waals surface area contributed by atoms with Crippen molar-refractivity contribution in [3.8, 4) is 0 Å². The highest BCUT2D eigenvalue weighted by molar-refractivity contribution is 4.91. The molecule has 0 aromatic heterocycles. The monoisotopic (exact) mass is 240 g/mol. The van der Waals surface area contributed by atoms with E-state index in [2.05, 4.69) is 39.5 Å². The molecule has 1 fully saturated rings. The van der Waals surface area contributed by atoms with Crippen molar-refractivity contribution in [2.75, 3.05) is 19.6 Å². The average Bonchev–Trinajstić information content (AvgIpc) is 2.24. The van der Waals surface area contributed by atoms with Gasteiger partial charge in [-0.3, -0.25) is 4.90 Å². The van der Waals surface area contributed by atoms with Crippen molar-refractivity contribution in [2.24, 2.45) is 23.5 Å². The van der Waals surface area contributed by atoms with E-state index in [1.807, 2.05) is 0 Å². The third kappa shape index (κ3) is 4.26. The summed E-state index contributed by atoms with van der Waals surface area (Å²) in [4.78, 5) is 2.66. The molecule has 2 N–H and O–H groups in total. The second kappa shape index (κ2) is 6.19. The lowest BCUT2D eigenvalue weighted by molar-refractivity contribution is 0.0313. The fourth-order valence-electron chi connectivity index (χ4n) is 3.09. The summed E-state index contributed by atoms with van der Waals surface area (Å²) in [5.41, 5.74) is 6.29. The van der Waals surface area contributed by atoms with Crippen molar-refractivity contribution < 1.29 is 0 Å². The second-order valence-corrected chi connectivity index (χ2v) is 6.98. The molecule has 0 radical (unpaired) electrons. The molecule has 1 aliphatic rings. The normalized spacial score (nSPS) is 30.5. The van der Waals surface area contributed by atoms with Gasteiger partial charge in [0.05, 0.1) is 0 Å². The first kappa shape index (κ1) is 15.0. The number of nitrogens with zero attached hydrogens (tertiary/aromatic N) is 1. The highest BCUT2D eigenvalue weighted by atomic mass is 15.2. The Morgan fingerprint density at radius 3 is 2.18 bits per heavy atom. The molecule has 0 spiro atoms. The van der Waals surface area contributed by atoms with Crippen molar-refractivity contribution in [1.29, 1.82) is 0 Å². The van der Waals surface area contributed by atoms with Crippen LogP contribution in [0.1, 0.15) is 53.9 Å². The molecule has 1 rings (SSSR count). The fourth-order valence-corrected chi connectivity index (χ4v) is 3.09. The molecular weight excluding hydrogens is 208 g/mol. The third-order valence-corrected chi connectivity index (χ3v) is 4.33. The van der Waals surface area contributed by atoms with Crippen LogP contribution in [0.25, 0.3) is 0 Å². The van der Waals surface area contributed by atoms with Crippen LogP contribution in [-0.2, 0) is 0 Å². The number of piperidine rings is 1. The summed E-state index contributed by atoms with van der Waals surface area (Å²) in [6, 6.07) is 0. The lowest BCUT2D eigenvalue weighted by atomic mass is 9.84. The molecule has 3 unspecified atom stereocenters. The highest BCUT2D eigenvalue weighted by Crippen LogP contribution is 2.30. The Hall–Kier alpha value is -0.0800. The van der Waals surface area contributed by atoms with E-state index in [1.165, 1.54) is 32.4 Å². The van der Waals surface area contributed by atoms with E-state index in [-0.39, 0.29) is 5.54 Å². The van der Waals surface area contributed by atoms with E-state index < -0.39 is 0 Å². The van der Waals surface area contributed by atoms with Gasteiger partial charge in [0.1, 0.15) is 0 Å². The van der Waals surface area contributed by atoms with Gasteiger partial charge in [-0.25, -0.2) is 0 Å². The Balaban J connectivity index is 2.63. The minimum Gasteiger partial charge on any atom is -0.329 e. The summed E-state index contributed by atoms with van der Waals surface area (Å²) >= 11 is 0. The van der Waals surface area contributed by atoms with E-state index >= 15 is 0 Å². The van der Waals surface area contributed by atoms with E-state index in [1.54, 1.807) is 0 Å². The average molecular weight is 240 g/mol. The van der Waals surface area contributed by atoms with Gasteiger partial charge in [0.2, 0.25) is 0 Å². The van der Waals surface area contributed by atoms with Crippen LogP contribution in [0.4, 0.5) is 0 Å². The zero-order chi connectivity index (χ0) is 13.1. The Morgan fingerprint density at radius 1 is 1.24 bits per heavy atom. The van der Waals surface area contributed by atoms with Gasteiger partial charge >= 0.3 is 0 Å². The lowest BCUT2D eigenvalue weighted by Crippen LogP contribution is -2.56. The molecule has 0 saturated carbocycles. The molecule has 2 nitrogen and oxygen atoms in total. The Morgan fingerprint density at radius 2 is 1.76 bits per heavy atom. The first-order valence-electron chi connectivity index (χ1n) is 7.32. The molecule has 102 valence electrons. The van der Waals surface area contributed by atoms with Crippen LogP contribution < -0.4 is 5.73 Å². The molecule has 0 bridgehead atoms. The Labute approximate surface area is 108 Å². The fraction of sp³-hybridized carbons (Fsp3) is 1.00. The number of rotatable bonds is 5. The van der Waals surface area contributed by atoms with Crippen LogP contribution in [0.2, 0.25) is 0 Å². The smallest absolute Gasteiger partial charge is 0.0303 e. The SMILES string of the molecule is CC(C)CCC(C)(CN)N1CC(C)CC(C)C1. The Bertz CT molecular complexity index is 217. The predicted molar refractivity (Wildman–Crippen MR) is 76.0 cm³/mol. The minimum absolute atomic E-state index is 0.215. The zero-order valence-electron chi connectivity index (χ0n) is 12.5. The molecule has 0 amide bonds. The van der Waals surface area contributed by atoms with Crippen LogP contribution in [-0.4, -0.2) is 30.1 Å². The van der Waals surface area contributed by atoms with Crippen molar-refractivity contribution in [3.63, 3.8) is 0 Å². The first-order chi connectivity index (χ1) is 7.87. The summed E-state index contributed by atoms with van der Waals surface area (Å²) < 4.78 is 0. The molecule has 0 aliphatic carbocycles.